The van der Waals surface area contributed by atoms with Gasteiger partial charge in [0.05, 0.1) is 5.02 Å². The van der Waals surface area contributed by atoms with Gasteiger partial charge < -0.3 is 5.11 Å². The van der Waals surface area contributed by atoms with Crippen molar-refractivity contribution in [3.8, 4) is 5.75 Å². The molecule has 1 aliphatic carbocycles. The first kappa shape index (κ1) is 18.8. The SMILES string of the molecule is CCc1ccc(C2=C(c3ccc(F)cc3Cl)CCCc3cc(O)ccc32)cc1. The zero-order valence-corrected chi connectivity index (χ0v) is 16.6. The van der Waals surface area contributed by atoms with E-state index in [4.69, 9.17) is 11.6 Å². The monoisotopic (exact) mass is 392 g/mol. The Labute approximate surface area is 170 Å². The summed E-state index contributed by atoms with van der Waals surface area (Å²) in [5.41, 5.74) is 7.74. The van der Waals surface area contributed by atoms with E-state index in [1.807, 2.05) is 12.1 Å². The first-order valence-corrected chi connectivity index (χ1v) is 10.0. The van der Waals surface area contributed by atoms with E-state index in [0.717, 1.165) is 59.1 Å². The van der Waals surface area contributed by atoms with Crippen molar-refractivity contribution >= 4 is 22.7 Å². The molecule has 0 aromatic heterocycles. The number of phenols is 1. The maximum atomic E-state index is 13.7. The molecule has 0 heterocycles. The van der Waals surface area contributed by atoms with Crippen molar-refractivity contribution in [2.24, 2.45) is 0 Å². The van der Waals surface area contributed by atoms with Crippen molar-refractivity contribution in [3.63, 3.8) is 0 Å². The number of aromatic hydroxyl groups is 1. The molecular formula is C25H22ClFO. The van der Waals surface area contributed by atoms with E-state index in [-0.39, 0.29) is 11.6 Å². The minimum absolute atomic E-state index is 0.280. The Balaban J connectivity index is 2.00. The van der Waals surface area contributed by atoms with Gasteiger partial charge in [0, 0.05) is 0 Å². The summed E-state index contributed by atoms with van der Waals surface area (Å²) in [5, 5.41) is 10.4. The molecule has 0 amide bonds. The maximum absolute atomic E-state index is 13.7. The third-order valence-electron chi connectivity index (χ3n) is 5.44. The summed E-state index contributed by atoms with van der Waals surface area (Å²) in [4.78, 5) is 0. The second kappa shape index (κ2) is 7.81. The molecule has 3 aromatic rings. The van der Waals surface area contributed by atoms with Crippen LogP contribution in [-0.4, -0.2) is 5.11 Å². The molecule has 0 saturated carbocycles. The molecule has 0 spiro atoms. The van der Waals surface area contributed by atoms with Gasteiger partial charge in [-0.2, -0.15) is 0 Å². The average molecular weight is 393 g/mol. The standard InChI is InChI=1S/C25H22ClFO/c1-2-16-6-8-17(9-7-16)25-21-13-11-20(28)14-18(21)4-3-5-23(25)22-12-10-19(27)15-24(22)26/h6-15,28H,2-5H2,1H3. The Bertz CT molecular complexity index is 1050. The molecule has 142 valence electrons. The average Bonchev–Trinajstić information content (AvgIpc) is 2.87. The summed E-state index contributed by atoms with van der Waals surface area (Å²) >= 11 is 6.45. The number of phenolic OH excluding ortho intramolecular Hbond substituents is 1. The van der Waals surface area contributed by atoms with Crippen LogP contribution in [0.2, 0.25) is 5.02 Å². The summed E-state index contributed by atoms with van der Waals surface area (Å²) in [6, 6.07) is 18.8. The van der Waals surface area contributed by atoms with E-state index in [9.17, 15) is 9.50 Å². The highest BCUT2D eigenvalue weighted by molar-refractivity contribution is 6.32. The van der Waals surface area contributed by atoms with Crippen molar-refractivity contribution < 1.29 is 9.50 Å². The fourth-order valence-corrected chi connectivity index (χ4v) is 4.30. The molecule has 3 heteroatoms. The topological polar surface area (TPSA) is 20.2 Å². The van der Waals surface area contributed by atoms with Crippen LogP contribution in [0, 0.1) is 5.82 Å². The highest BCUT2D eigenvalue weighted by Crippen LogP contribution is 2.42. The predicted molar refractivity (Wildman–Crippen MR) is 114 cm³/mol. The fourth-order valence-electron chi connectivity index (χ4n) is 4.01. The molecule has 1 nitrogen and oxygen atoms in total. The van der Waals surface area contributed by atoms with Crippen LogP contribution in [0.5, 0.6) is 5.75 Å². The third kappa shape index (κ3) is 3.57. The van der Waals surface area contributed by atoms with Crippen molar-refractivity contribution in [1.82, 2.24) is 0 Å². The molecule has 0 aliphatic heterocycles. The van der Waals surface area contributed by atoms with Gasteiger partial charge in [0.15, 0.2) is 0 Å². The minimum Gasteiger partial charge on any atom is -0.508 e. The molecule has 4 rings (SSSR count). The van der Waals surface area contributed by atoms with Gasteiger partial charge in [0.1, 0.15) is 11.6 Å². The highest BCUT2D eigenvalue weighted by atomic mass is 35.5. The first-order valence-electron chi connectivity index (χ1n) is 9.67. The fraction of sp³-hybridized carbons (Fsp3) is 0.200. The summed E-state index contributed by atoms with van der Waals surface area (Å²) in [6.07, 6.45) is 3.64. The summed E-state index contributed by atoms with van der Waals surface area (Å²) in [5.74, 6) is -0.0511. The van der Waals surface area contributed by atoms with Crippen LogP contribution in [0.1, 0.15) is 47.6 Å². The van der Waals surface area contributed by atoms with Crippen LogP contribution >= 0.6 is 11.6 Å². The van der Waals surface area contributed by atoms with Crippen LogP contribution in [-0.2, 0) is 12.8 Å². The molecule has 1 N–H and O–H groups in total. The highest BCUT2D eigenvalue weighted by Gasteiger charge is 2.22. The van der Waals surface area contributed by atoms with Gasteiger partial charge in [0.25, 0.3) is 0 Å². The Kier molecular flexibility index (Phi) is 5.23. The summed E-state index contributed by atoms with van der Waals surface area (Å²) < 4.78 is 13.7. The summed E-state index contributed by atoms with van der Waals surface area (Å²) in [7, 11) is 0. The summed E-state index contributed by atoms with van der Waals surface area (Å²) in [6.45, 7) is 2.14. The van der Waals surface area contributed by atoms with E-state index in [1.54, 1.807) is 12.1 Å². The Morgan fingerprint density at radius 1 is 0.929 bits per heavy atom. The van der Waals surface area contributed by atoms with E-state index in [0.29, 0.717) is 5.02 Å². The Hall–Kier alpha value is -2.58. The van der Waals surface area contributed by atoms with E-state index < -0.39 is 0 Å². The van der Waals surface area contributed by atoms with E-state index >= 15 is 0 Å². The lowest BCUT2D eigenvalue weighted by atomic mass is 9.87. The third-order valence-corrected chi connectivity index (χ3v) is 5.75. The van der Waals surface area contributed by atoms with Crippen LogP contribution < -0.4 is 0 Å². The van der Waals surface area contributed by atoms with Crippen molar-refractivity contribution in [3.05, 3.63) is 99.3 Å². The molecule has 1 aliphatic rings. The predicted octanol–water partition coefficient (Wildman–Crippen LogP) is 7.04. The second-order valence-electron chi connectivity index (χ2n) is 7.22. The molecule has 0 fully saturated rings. The Morgan fingerprint density at radius 3 is 2.39 bits per heavy atom. The van der Waals surface area contributed by atoms with Crippen LogP contribution in [0.4, 0.5) is 4.39 Å². The lowest BCUT2D eigenvalue weighted by Crippen LogP contribution is -1.97. The number of fused-ring (bicyclic) bond motifs is 1. The number of hydrogen-bond donors (Lipinski definition) is 1. The largest absolute Gasteiger partial charge is 0.508 e. The minimum atomic E-state index is -0.331. The van der Waals surface area contributed by atoms with Gasteiger partial charge in [-0.25, -0.2) is 4.39 Å². The molecule has 0 atom stereocenters. The van der Waals surface area contributed by atoms with Crippen LogP contribution in [0.25, 0.3) is 11.1 Å². The van der Waals surface area contributed by atoms with Gasteiger partial charge in [0.2, 0.25) is 0 Å². The molecule has 0 radical (unpaired) electrons. The first-order chi connectivity index (χ1) is 13.6. The van der Waals surface area contributed by atoms with Crippen molar-refractivity contribution in [1.29, 1.82) is 0 Å². The van der Waals surface area contributed by atoms with Crippen LogP contribution in [0.15, 0.2) is 60.7 Å². The van der Waals surface area contributed by atoms with Gasteiger partial charge in [-0.3, -0.25) is 0 Å². The number of rotatable bonds is 3. The molecule has 0 bridgehead atoms. The number of benzene rings is 3. The van der Waals surface area contributed by atoms with Gasteiger partial charge in [-0.15, -0.1) is 0 Å². The molecular weight excluding hydrogens is 371 g/mol. The smallest absolute Gasteiger partial charge is 0.124 e. The van der Waals surface area contributed by atoms with E-state index in [1.165, 1.54) is 17.7 Å². The van der Waals surface area contributed by atoms with Crippen LogP contribution in [0.3, 0.4) is 0 Å². The number of allylic oxidation sites excluding steroid dienone is 1. The number of halogens is 2. The van der Waals surface area contributed by atoms with E-state index in [2.05, 4.69) is 31.2 Å². The second-order valence-corrected chi connectivity index (χ2v) is 7.63. The van der Waals surface area contributed by atoms with Gasteiger partial charge >= 0.3 is 0 Å². The zero-order chi connectivity index (χ0) is 19.7. The molecule has 28 heavy (non-hydrogen) atoms. The molecule has 3 aromatic carbocycles. The van der Waals surface area contributed by atoms with Crippen molar-refractivity contribution in [2.75, 3.05) is 0 Å². The van der Waals surface area contributed by atoms with Gasteiger partial charge in [-0.05, 0) is 88.9 Å². The number of hydrogen-bond acceptors (Lipinski definition) is 1. The quantitative estimate of drug-likeness (QED) is 0.506. The molecule has 0 saturated heterocycles. The zero-order valence-electron chi connectivity index (χ0n) is 15.8. The lowest BCUT2D eigenvalue weighted by molar-refractivity contribution is 0.474. The number of aryl methyl sites for hydroxylation is 2. The van der Waals surface area contributed by atoms with Crippen molar-refractivity contribution in [2.45, 2.75) is 32.6 Å². The van der Waals surface area contributed by atoms with Gasteiger partial charge in [-0.1, -0.05) is 54.9 Å². The maximum Gasteiger partial charge on any atom is 0.124 e. The normalized spacial score (nSPS) is 14.0. The molecule has 0 unspecified atom stereocenters. The Morgan fingerprint density at radius 2 is 1.68 bits per heavy atom. The lowest BCUT2D eigenvalue weighted by Gasteiger charge is -2.18.